The number of aromatic nitrogens is 1. The molecule has 30 heavy (non-hydrogen) atoms. The number of carbonyl (C=O) groups excluding carboxylic acids is 1. The Morgan fingerprint density at radius 2 is 1.80 bits per heavy atom. The molecular weight excluding hydrogens is 468 g/mol. The molecule has 0 saturated heterocycles. The standard InChI is InChI=1S/C22H29BrN2O4S/c1-4-29-22(26)21-15(2)20(16(3)24-21)14-25(18-8-6-5-7-9-18)30(27,28)19-12-10-17(23)11-13-19/h10-13,18,24H,4-9,14H2,1-3H3. The Kier molecular flexibility index (Phi) is 7.42. The molecule has 164 valence electrons. The zero-order valence-corrected chi connectivity index (χ0v) is 20.1. The second-order valence-electron chi connectivity index (χ2n) is 7.75. The molecule has 0 spiro atoms. The zero-order valence-electron chi connectivity index (χ0n) is 17.7. The van der Waals surface area contributed by atoms with Crippen LogP contribution in [0.2, 0.25) is 0 Å². The number of carbonyl (C=O) groups is 1. The predicted molar refractivity (Wildman–Crippen MR) is 120 cm³/mol. The number of benzene rings is 1. The van der Waals surface area contributed by atoms with Crippen LogP contribution in [0, 0.1) is 13.8 Å². The SMILES string of the molecule is CCOC(=O)c1[nH]c(C)c(CN(C2CCCCC2)S(=O)(=O)c2ccc(Br)cc2)c1C. The number of H-pyrrole nitrogens is 1. The van der Waals surface area contributed by atoms with Crippen LogP contribution in [0.25, 0.3) is 0 Å². The lowest BCUT2D eigenvalue weighted by Gasteiger charge is -2.33. The Labute approximate surface area is 187 Å². The van der Waals surface area contributed by atoms with E-state index in [1.54, 1.807) is 35.5 Å². The van der Waals surface area contributed by atoms with Gasteiger partial charge in [-0.3, -0.25) is 0 Å². The Morgan fingerprint density at radius 3 is 2.40 bits per heavy atom. The van der Waals surface area contributed by atoms with Gasteiger partial charge in [-0.05, 0) is 69.0 Å². The van der Waals surface area contributed by atoms with Gasteiger partial charge in [0.1, 0.15) is 5.69 Å². The first-order valence-corrected chi connectivity index (χ1v) is 12.6. The van der Waals surface area contributed by atoms with Crippen LogP contribution in [-0.2, 0) is 21.3 Å². The smallest absolute Gasteiger partial charge is 0.355 e. The van der Waals surface area contributed by atoms with Crippen LogP contribution >= 0.6 is 15.9 Å². The monoisotopic (exact) mass is 496 g/mol. The maximum Gasteiger partial charge on any atom is 0.355 e. The van der Waals surface area contributed by atoms with Gasteiger partial charge >= 0.3 is 5.97 Å². The van der Waals surface area contributed by atoms with Gasteiger partial charge < -0.3 is 9.72 Å². The molecule has 1 saturated carbocycles. The largest absolute Gasteiger partial charge is 0.461 e. The van der Waals surface area contributed by atoms with Crippen molar-refractivity contribution >= 4 is 31.9 Å². The summed E-state index contributed by atoms with van der Waals surface area (Å²) in [5, 5.41) is 0. The summed E-state index contributed by atoms with van der Waals surface area (Å²) in [6, 6.07) is 6.72. The van der Waals surface area contributed by atoms with E-state index in [9.17, 15) is 13.2 Å². The maximum atomic E-state index is 13.6. The Balaban J connectivity index is 2.00. The van der Waals surface area contributed by atoms with Crippen LogP contribution in [0.15, 0.2) is 33.6 Å². The number of rotatable bonds is 7. The highest BCUT2D eigenvalue weighted by atomic mass is 79.9. The van der Waals surface area contributed by atoms with Crippen LogP contribution in [0.3, 0.4) is 0 Å². The van der Waals surface area contributed by atoms with E-state index in [0.717, 1.165) is 53.4 Å². The quantitative estimate of drug-likeness (QED) is 0.541. The van der Waals surface area contributed by atoms with E-state index in [2.05, 4.69) is 20.9 Å². The van der Waals surface area contributed by atoms with Gasteiger partial charge in [-0.1, -0.05) is 35.2 Å². The van der Waals surface area contributed by atoms with E-state index < -0.39 is 16.0 Å². The highest BCUT2D eigenvalue weighted by molar-refractivity contribution is 9.10. The van der Waals surface area contributed by atoms with Gasteiger partial charge in [-0.2, -0.15) is 4.31 Å². The molecule has 0 aliphatic heterocycles. The molecule has 8 heteroatoms. The van der Waals surface area contributed by atoms with Crippen molar-refractivity contribution in [3.8, 4) is 0 Å². The van der Waals surface area contributed by atoms with Crippen molar-refractivity contribution < 1.29 is 17.9 Å². The van der Waals surface area contributed by atoms with Crippen molar-refractivity contribution in [3.63, 3.8) is 0 Å². The van der Waals surface area contributed by atoms with Crippen molar-refractivity contribution in [2.24, 2.45) is 0 Å². The van der Waals surface area contributed by atoms with E-state index in [-0.39, 0.29) is 24.1 Å². The Morgan fingerprint density at radius 1 is 1.17 bits per heavy atom. The molecule has 0 amide bonds. The number of halogens is 1. The highest BCUT2D eigenvalue weighted by Crippen LogP contribution is 2.32. The second kappa shape index (κ2) is 9.66. The summed E-state index contributed by atoms with van der Waals surface area (Å²) in [5.74, 6) is -0.413. The Hall–Kier alpha value is -1.64. The number of aryl methyl sites for hydroxylation is 1. The molecule has 3 rings (SSSR count). The molecule has 1 aromatic carbocycles. The van der Waals surface area contributed by atoms with E-state index >= 15 is 0 Å². The molecule has 1 aromatic heterocycles. The van der Waals surface area contributed by atoms with Gasteiger partial charge in [0.2, 0.25) is 10.0 Å². The van der Waals surface area contributed by atoms with Gasteiger partial charge in [-0.15, -0.1) is 0 Å². The molecule has 2 aromatic rings. The Bertz CT molecular complexity index is 993. The number of esters is 1. The maximum absolute atomic E-state index is 13.6. The third kappa shape index (κ3) is 4.81. The van der Waals surface area contributed by atoms with Crippen molar-refractivity contribution in [2.75, 3.05) is 6.61 Å². The minimum atomic E-state index is -3.69. The molecule has 1 aliphatic rings. The van der Waals surface area contributed by atoms with Gasteiger partial charge in [0.05, 0.1) is 11.5 Å². The first-order valence-electron chi connectivity index (χ1n) is 10.4. The zero-order chi connectivity index (χ0) is 21.9. The summed E-state index contributed by atoms with van der Waals surface area (Å²) in [4.78, 5) is 15.7. The number of ether oxygens (including phenoxy) is 1. The third-order valence-electron chi connectivity index (χ3n) is 5.79. The topological polar surface area (TPSA) is 79.5 Å². The molecule has 1 heterocycles. The van der Waals surface area contributed by atoms with Crippen molar-refractivity contribution in [1.29, 1.82) is 0 Å². The van der Waals surface area contributed by atoms with Crippen molar-refractivity contribution in [3.05, 3.63) is 51.3 Å². The molecular formula is C22H29BrN2O4S. The fourth-order valence-corrected chi connectivity index (χ4v) is 6.03. The normalized spacial score (nSPS) is 15.5. The number of sulfonamides is 1. The molecule has 1 fully saturated rings. The minimum Gasteiger partial charge on any atom is -0.461 e. The number of nitrogens with one attached hydrogen (secondary N) is 1. The molecule has 0 bridgehead atoms. The lowest BCUT2D eigenvalue weighted by Crippen LogP contribution is -2.41. The van der Waals surface area contributed by atoms with Gasteiger partial charge in [-0.25, -0.2) is 13.2 Å². The molecule has 1 aliphatic carbocycles. The summed E-state index contributed by atoms with van der Waals surface area (Å²) >= 11 is 3.37. The van der Waals surface area contributed by atoms with Gasteiger partial charge in [0, 0.05) is 22.8 Å². The summed E-state index contributed by atoms with van der Waals surface area (Å²) < 4.78 is 34.9. The molecule has 0 atom stereocenters. The van der Waals surface area contributed by atoms with Crippen LogP contribution in [-0.4, -0.2) is 36.3 Å². The molecule has 0 radical (unpaired) electrons. The van der Waals surface area contributed by atoms with Gasteiger partial charge in [0.25, 0.3) is 0 Å². The fraction of sp³-hybridized carbons (Fsp3) is 0.500. The lowest BCUT2D eigenvalue weighted by molar-refractivity contribution is 0.0519. The average Bonchev–Trinajstić information content (AvgIpc) is 3.01. The molecule has 1 N–H and O–H groups in total. The minimum absolute atomic E-state index is 0.0489. The van der Waals surface area contributed by atoms with Crippen LogP contribution in [0.5, 0.6) is 0 Å². The van der Waals surface area contributed by atoms with Crippen molar-refractivity contribution in [1.82, 2.24) is 9.29 Å². The van der Waals surface area contributed by atoms with Gasteiger partial charge in [0.15, 0.2) is 0 Å². The second-order valence-corrected chi connectivity index (χ2v) is 10.6. The first kappa shape index (κ1) is 23.0. The number of hydrogen-bond acceptors (Lipinski definition) is 4. The van der Waals surface area contributed by atoms with E-state index in [1.807, 2.05) is 13.8 Å². The van der Waals surface area contributed by atoms with Crippen LogP contribution in [0.4, 0.5) is 0 Å². The number of hydrogen-bond donors (Lipinski definition) is 1. The average molecular weight is 497 g/mol. The summed E-state index contributed by atoms with van der Waals surface area (Å²) in [5.41, 5.74) is 2.78. The summed E-state index contributed by atoms with van der Waals surface area (Å²) in [7, 11) is -3.69. The first-order chi connectivity index (χ1) is 14.3. The van der Waals surface area contributed by atoms with E-state index in [0.29, 0.717) is 5.69 Å². The van der Waals surface area contributed by atoms with Crippen molar-refractivity contribution in [2.45, 2.75) is 70.4 Å². The summed E-state index contributed by atoms with van der Waals surface area (Å²) in [6.45, 7) is 6.00. The number of aromatic amines is 1. The third-order valence-corrected chi connectivity index (χ3v) is 8.23. The van der Waals surface area contributed by atoms with E-state index in [1.165, 1.54) is 0 Å². The molecule has 6 nitrogen and oxygen atoms in total. The van der Waals surface area contributed by atoms with Crippen LogP contribution < -0.4 is 0 Å². The molecule has 0 unspecified atom stereocenters. The van der Waals surface area contributed by atoms with Crippen LogP contribution in [0.1, 0.15) is 66.3 Å². The lowest BCUT2D eigenvalue weighted by atomic mass is 9.95. The predicted octanol–water partition coefficient (Wildman–Crippen LogP) is 5.09. The highest BCUT2D eigenvalue weighted by Gasteiger charge is 2.34. The van der Waals surface area contributed by atoms with E-state index in [4.69, 9.17) is 4.74 Å². The fourth-order valence-electron chi connectivity index (χ4n) is 4.11. The summed E-state index contributed by atoms with van der Waals surface area (Å²) in [6.07, 6.45) is 4.89. The number of nitrogens with zero attached hydrogens (tertiary/aromatic N) is 1.